The molecular formula is C11H19N3O2. The summed E-state index contributed by atoms with van der Waals surface area (Å²) in [5, 5.41) is 2.33. The van der Waals surface area contributed by atoms with Gasteiger partial charge in [-0.05, 0) is 25.8 Å². The highest BCUT2D eigenvalue weighted by Crippen LogP contribution is 2.18. The quantitative estimate of drug-likeness (QED) is 0.708. The number of hydrogen-bond donors (Lipinski definition) is 1. The molecule has 2 saturated heterocycles. The smallest absolute Gasteiger partial charge is 0.312 e. The fourth-order valence-corrected chi connectivity index (χ4v) is 2.52. The number of hydrogen-bond acceptors (Lipinski definition) is 3. The Hall–Kier alpha value is -1.10. The van der Waals surface area contributed by atoms with Gasteiger partial charge in [0.1, 0.15) is 6.54 Å². The van der Waals surface area contributed by atoms with E-state index in [-0.39, 0.29) is 24.5 Å². The number of rotatable bonds is 3. The molecule has 2 fully saturated rings. The summed E-state index contributed by atoms with van der Waals surface area (Å²) in [5.41, 5.74) is 0. The second-order valence-corrected chi connectivity index (χ2v) is 4.55. The van der Waals surface area contributed by atoms with E-state index in [1.165, 1.54) is 6.42 Å². The van der Waals surface area contributed by atoms with Crippen molar-refractivity contribution in [2.24, 2.45) is 0 Å². The Balaban J connectivity index is 1.85. The number of carbonyl (C=O) groups is 2. The zero-order valence-corrected chi connectivity index (χ0v) is 9.74. The van der Waals surface area contributed by atoms with Gasteiger partial charge < -0.3 is 9.80 Å². The lowest BCUT2D eigenvalue weighted by molar-refractivity contribution is -0.118. The summed E-state index contributed by atoms with van der Waals surface area (Å²) in [6.45, 7) is 5.64. The number of likely N-dealkylation sites (tertiary alicyclic amines) is 1. The summed E-state index contributed by atoms with van der Waals surface area (Å²) in [7, 11) is 0. The van der Waals surface area contributed by atoms with Gasteiger partial charge in [0, 0.05) is 19.1 Å². The van der Waals surface area contributed by atoms with Gasteiger partial charge in [0.25, 0.3) is 0 Å². The second kappa shape index (κ2) is 4.82. The standard InChI is InChI=1S/C11H19N3O2/c1-2-5-13-6-3-9(4-7-13)14-8-10(15)12-11(14)16/h9H,2-8H2,1H3,(H,12,15,16). The Labute approximate surface area is 95.8 Å². The van der Waals surface area contributed by atoms with E-state index in [0.29, 0.717) is 0 Å². The lowest BCUT2D eigenvalue weighted by Gasteiger charge is -2.35. The van der Waals surface area contributed by atoms with Crippen LogP contribution < -0.4 is 5.32 Å². The van der Waals surface area contributed by atoms with Crippen LogP contribution in [0.25, 0.3) is 0 Å². The molecule has 90 valence electrons. The van der Waals surface area contributed by atoms with Gasteiger partial charge in [-0.1, -0.05) is 6.92 Å². The molecule has 0 saturated carbocycles. The van der Waals surface area contributed by atoms with Crippen molar-refractivity contribution in [2.75, 3.05) is 26.2 Å². The van der Waals surface area contributed by atoms with Crippen LogP contribution >= 0.6 is 0 Å². The summed E-state index contributed by atoms with van der Waals surface area (Å²) in [4.78, 5) is 26.7. The third-order valence-electron chi connectivity index (χ3n) is 3.36. The van der Waals surface area contributed by atoms with Crippen LogP contribution in [0.3, 0.4) is 0 Å². The topological polar surface area (TPSA) is 52.6 Å². The number of amides is 3. The minimum atomic E-state index is -0.209. The number of urea groups is 1. The number of carbonyl (C=O) groups excluding carboxylic acids is 2. The molecule has 5 nitrogen and oxygen atoms in total. The predicted molar refractivity (Wildman–Crippen MR) is 60.0 cm³/mol. The highest BCUT2D eigenvalue weighted by atomic mass is 16.2. The molecule has 0 unspecified atom stereocenters. The average molecular weight is 225 g/mol. The Morgan fingerprint density at radius 1 is 1.31 bits per heavy atom. The molecular weight excluding hydrogens is 206 g/mol. The molecule has 2 aliphatic rings. The summed E-state index contributed by atoms with van der Waals surface area (Å²) in [5.74, 6) is -0.166. The minimum Gasteiger partial charge on any atom is -0.312 e. The molecule has 0 bridgehead atoms. The van der Waals surface area contributed by atoms with Crippen molar-refractivity contribution in [2.45, 2.75) is 32.2 Å². The van der Waals surface area contributed by atoms with Gasteiger partial charge in [-0.2, -0.15) is 0 Å². The highest BCUT2D eigenvalue weighted by Gasteiger charge is 2.34. The van der Waals surface area contributed by atoms with Gasteiger partial charge in [0.05, 0.1) is 0 Å². The number of nitrogens with zero attached hydrogens (tertiary/aromatic N) is 2. The number of piperidine rings is 1. The fourth-order valence-electron chi connectivity index (χ4n) is 2.52. The molecule has 0 aromatic rings. The van der Waals surface area contributed by atoms with Crippen molar-refractivity contribution in [3.63, 3.8) is 0 Å². The largest absolute Gasteiger partial charge is 0.324 e. The third kappa shape index (κ3) is 2.35. The van der Waals surface area contributed by atoms with E-state index in [9.17, 15) is 9.59 Å². The normalized spacial score (nSPS) is 23.9. The van der Waals surface area contributed by atoms with Crippen LogP contribution in [0.15, 0.2) is 0 Å². The van der Waals surface area contributed by atoms with E-state index in [4.69, 9.17) is 0 Å². The molecule has 0 aromatic heterocycles. The lowest BCUT2D eigenvalue weighted by atomic mass is 10.0. The highest BCUT2D eigenvalue weighted by molar-refractivity contribution is 6.02. The van der Waals surface area contributed by atoms with E-state index in [1.807, 2.05) is 0 Å². The van der Waals surface area contributed by atoms with E-state index in [0.717, 1.165) is 32.5 Å². The second-order valence-electron chi connectivity index (χ2n) is 4.55. The van der Waals surface area contributed by atoms with Crippen molar-refractivity contribution in [3.05, 3.63) is 0 Å². The summed E-state index contributed by atoms with van der Waals surface area (Å²) >= 11 is 0. The van der Waals surface area contributed by atoms with Crippen LogP contribution in [0, 0.1) is 0 Å². The molecule has 0 aromatic carbocycles. The van der Waals surface area contributed by atoms with Crippen LogP contribution in [0.4, 0.5) is 4.79 Å². The van der Waals surface area contributed by atoms with Gasteiger partial charge in [0.2, 0.25) is 5.91 Å². The molecule has 0 spiro atoms. The zero-order chi connectivity index (χ0) is 11.5. The molecule has 16 heavy (non-hydrogen) atoms. The molecule has 3 amide bonds. The van der Waals surface area contributed by atoms with Gasteiger partial charge in [-0.3, -0.25) is 10.1 Å². The Morgan fingerprint density at radius 3 is 2.50 bits per heavy atom. The molecule has 2 aliphatic heterocycles. The van der Waals surface area contributed by atoms with Crippen molar-refractivity contribution in [1.82, 2.24) is 15.1 Å². The third-order valence-corrected chi connectivity index (χ3v) is 3.36. The number of nitrogens with one attached hydrogen (secondary N) is 1. The summed E-state index contributed by atoms with van der Waals surface area (Å²) in [6, 6.07) is 0.0403. The summed E-state index contributed by atoms with van der Waals surface area (Å²) in [6.07, 6.45) is 3.15. The first-order chi connectivity index (χ1) is 7.70. The molecule has 0 atom stereocenters. The van der Waals surface area contributed by atoms with E-state index in [2.05, 4.69) is 17.1 Å². The first-order valence-electron chi connectivity index (χ1n) is 6.03. The first kappa shape index (κ1) is 11.4. The molecule has 0 aliphatic carbocycles. The van der Waals surface area contributed by atoms with Crippen LogP contribution in [-0.2, 0) is 4.79 Å². The van der Waals surface area contributed by atoms with Crippen LogP contribution in [-0.4, -0.2) is 54.0 Å². The predicted octanol–water partition coefficient (Wildman–Crippen LogP) is 0.413. The molecule has 5 heteroatoms. The van der Waals surface area contributed by atoms with Crippen LogP contribution in [0.1, 0.15) is 26.2 Å². The van der Waals surface area contributed by atoms with Crippen molar-refractivity contribution < 1.29 is 9.59 Å². The number of imide groups is 1. The molecule has 0 radical (unpaired) electrons. The Morgan fingerprint density at radius 2 is 2.00 bits per heavy atom. The Bertz CT molecular complexity index is 285. The Kier molecular flexibility index (Phi) is 3.43. The zero-order valence-electron chi connectivity index (χ0n) is 9.74. The maximum Gasteiger partial charge on any atom is 0.324 e. The molecule has 1 N–H and O–H groups in total. The summed E-state index contributed by atoms with van der Waals surface area (Å²) < 4.78 is 0. The van der Waals surface area contributed by atoms with Gasteiger partial charge in [-0.15, -0.1) is 0 Å². The van der Waals surface area contributed by atoms with Crippen LogP contribution in [0.5, 0.6) is 0 Å². The lowest BCUT2D eigenvalue weighted by Crippen LogP contribution is -2.46. The fraction of sp³-hybridized carbons (Fsp3) is 0.818. The SMILES string of the molecule is CCCN1CCC(N2CC(=O)NC2=O)CC1. The van der Waals surface area contributed by atoms with Gasteiger partial charge in [0.15, 0.2) is 0 Å². The van der Waals surface area contributed by atoms with Crippen molar-refractivity contribution in [1.29, 1.82) is 0 Å². The van der Waals surface area contributed by atoms with Gasteiger partial charge >= 0.3 is 6.03 Å². The van der Waals surface area contributed by atoms with Crippen LogP contribution in [0.2, 0.25) is 0 Å². The molecule has 2 heterocycles. The van der Waals surface area contributed by atoms with E-state index < -0.39 is 0 Å². The van der Waals surface area contributed by atoms with E-state index in [1.54, 1.807) is 4.90 Å². The average Bonchev–Trinajstić information content (AvgIpc) is 2.59. The van der Waals surface area contributed by atoms with Crippen molar-refractivity contribution >= 4 is 11.9 Å². The monoisotopic (exact) mass is 225 g/mol. The van der Waals surface area contributed by atoms with Crippen molar-refractivity contribution in [3.8, 4) is 0 Å². The van der Waals surface area contributed by atoms with Gasteiger partial charge in [-0.25, -0.2) is 4.79 Å². The maximum absolute atomic E-state index is 11.5. The molecule has 2 rings (SSSR count). The minimum absolute atomic E-state index is 0.166. The van der Waals surface area contributed by atoms with E-state index >= 15 is 0 Å². The first-order valence-corrected chi connectivity index (χ1v) is 6.03. The maximum atomic E-state index is 11.5.